The van der Waals surface area contributed by atoms with Gasteiger partial charge in [-0.05, 0) is 18.6 Å². The zero-order chi connectivity index (χ0) is 14.9. The van der Waals surface area contributed by atoms with Gasteiger partial charge in [-0.1, -0.05) is 29.4 Å². The molecule has 4 N–H and O–H groups in total. The van der Waals surface area contributed by atoms with Crippen molar-refractivity contribution in [3.05, 3.63) is 29.8 Å². The minimum atomic E-state index is -5.17. The van der Waals surface area contributed by atoms with E-state index in [9.17, 15) is 3.89 Å². The summed E-state index contributed by atoms with van der Waals surface area (Å²) >= 11 is 0. The molecule has 0 unspecified atom stereocenters. The van der Waals surface area contributed by atoms with Crippen LogP contribution in [-0.4, -0.2) is 25.4 Å². The molecule has 0 saturated heterocycles. The molecule has 0 spiro atoms. The number of rotatable bonds is 5. The standard InChI is InChI=1S/C11H16N2O.FHO3S/c1-2-3-8-14-10-7-5-4-6-9(10)11(12)13;1-5(2,3)4/h4-7H,2-3,8H2,1H3,(H3,12,13);(H,2,3,4). The van der Waals surface area contributed by atoms with Gasteiger partial charge in [-0.3, -0.25) is 9.96 Å². The van der Waals surface area contributed by atoms with E-state index < -0.39 is 10.5 Å². The van der Waals surface area contributed by atoms with Crippen molar-refractivity contribution in [2.45, 2.75) is 19.8 Å². The van der Waals surface area contributed by atoms with Gasteiger partial charge in [0.15, 0.2) is 0 Å². The average Bonchev–Trinajstić information content (AvgIpc) is 2.27. The first kappa shape index (κ1) is 17.3. The van der Waals surface area contributed by atoms with Crippen molar-refractivity contribution in [1.29, 1.82) is 5.41 Å². The normalized spacial score (nSPS) is 10.3. The Morgan fingerprint density at radius 3 is 2.47 bits per heavy atom. The highest BCUT2D eigenvalue weighted by Gasteiger charge is 2.04. The van der Waals surface area contributed by atoms with E-state index in [4.69, 9.17) is 28.9 Å². The Bertz CT molecular complexity index is 497. The van der Waals surface area contributed by atoms with E-state index >= 15 is 0 Å². The van der Waals surface area contributed by atoms with Crippen LogP contribution in [0.2, 0.25) is 0 Å². The molecule has 0 bridgehead atoms. The van der Waals surface area contributed by atoms with Gasteiger partial charge in [-0.2, -0.15) is 8.42 Å². The monoisotopic (exact) mass is 292 g/mol. The number of unbranched alkanes of at least 4 members (excludes halogenated alkanes) is 1. The zero-order valence-corrected chi connectivity index (χ0v) is 11.3. The maximum absolute atomic E-state index is 10.2. The fraction of sp³-hybridized carbons (Fsp3) is 0.364. The molecule has 19 heavy (non-hydrogen) atoms. The van der Waals surface area contributed by atoms with Gasteiger partial charge in [-0.15, -0.1) is 0 Å². The maximum Gasteiger partial charge on any atom is 0.435 e. The van der Waals surface area contributed by atoms with Gasteiger partial charge >= 0.3 is 10.5 Å². The lowest BCUT2D eigenvalue weighted by Gasteiger charge is -2.09. The van der Waals surface area contributed by atoms with E-state index in [1.807, 2.05) is 18.2 Å². The van der Waals surface area contributed by atoms with E-state index in [-0.39, 0.29) is 5.84 Å². The quantitative estimate of drug-likeness (QED) is 0.252. The van der Waals surface area contributed by atoms with E-state index in [1.165, 1.54) is 0 Å². The van der Waals surface area contributed by atoms with Crippen molar-refractivity contribution >= 4 is 16.3 Å². The number of nitrogen functional groups attached to an aromatic ring is 1. The molecule has 0 amide bonds. The number of hydrogen-bond acceptors (Lipinski definition) is 4. The Morgan fingerprint density at radius 1 is 1.47 bits per heavy atom. The second-order valence-corrected chi connectivity index (χ2v) is 4.35. The van der Waals surface area contributed by atoms with Crippen LogP contribution in [0.5, 0.6) is 5.75 Å². The average molecular weight is 292 g/mol. The molecule has 0 aliphatic rings. The highest BCUT2D eigenvalue weighted by Crippen LogP contribution is 2.17. The summed E-state index contributed by atoms with van der Waals surface area (Å²) in [6.45, 7) is 2.79. The summed E-state index contributed by atoms with van der Waals surface area (Å²) in [6.07, 6.45) is 2.12. The van der Waals surface area contributed by atoms with Crippen LogP contribution >= 0.6 is 0 Å². The third-order valence-corrected chi connectivity index (χ3v) is 1.93. The summed E-state index contributed by atoms with van der Waals surface area (Å²) in [7, 11) is -5.17. The molecule has 108 valence electrons. The van der Waals surface area contributed by atoms with Crippen LogP contribution in [-0.2, 0) is 10.5 Å². The van der Waals surface area contributed by atoms with Crippen molar-refractivity contribution in [2.24, 2.45) is 5.73 Å². The smallest absolute Gasteiger partial charge is 0.435 e. The van der Waals surface area contributed by atoms with Crippen LogP contribution in [0.25, 0.3) is 0 Å². The van der Waals surface area contributed by atoms with Crippen molar-refractivity contribution in [2.75, 3.05) is 6.61 Å². The molecule has 1 rings (SSSR count). The summed E-state index contributed by atoms with van der Waals surface area (Å²) in [5.74, 6) is 0.755. The summed E-state index contributed by atoms with van der Waals surface area (Å²) < 4.78 is 39.6. The van der Waals surface area contributed by atoms with Crippen molar-refractivity contribution in [3.63, 3.8) is 0 Å². The number of amidine groups is 1. The minimum Gasteiger partial charge on any atom is -0.493 e. The zero-order valence-electron chi connectivity index (χ0n) is 10.5. The summed E-state index contributed by atoms with van der Waals surface area (Å²) in [5.41, 5.74) is 6.09. The van der Waals surface area contributed by atoms with E-state index in [0.717, 1.165) is 12.8 Å². The highest BCUT2D eigenvalue weighted by atomic mass is 32.3. The predicted octanol–water partition coefficient (Wildman–Crippen LogP) is 1.91. The summed E-state index contributed by atoms with van der Waals surface area (Å²) in [5, 5.41) is 7.35. The van der Waals surface area contributed by atoms with Crippen LogP contribution in [0.4, 0.5) is 3.89 Å². The van der Waals surface area contributed by atoms with Crippen LogP contribution in [0, 0.1) is 5.41 Å². The second-order valence-electron chi connectivity index (χ2n) is 3.52. The van der Waals surface area contributed by atoms with Gasteiger partial charge in [0.1, 0.15) is 11.6 Å². The predicted molar refractivity (Wildman–Crippen MR) is 70.5 cm³/mol. The molecule has 8 heteroatoms. The molecule has 0 atom stereocenters. The first-order chi connectivity index (χ1) is 8.75. The second kappa shape index (κ2) is 8.44. The van der Waals surface area contributed by atoms with Crippen molar-refractivity contribution < 1.29 is 21.6 Å². The Morgan fingerprint density at radius 2 is 2.00 bits per heavy atom. The molecular formula is C11H17FN2O4S. The number of nitrogens with one attached hydrogen (secondary N) is 1. The van der Waals surface area contributed by atoms with Gasteiger partial charge in [0.2, 0.25) is 0 Å². The van der Waals surface area contributed by atoms with Crippen LogP contribution in [0.15, 0.2) is 24.3 Å². The maximum atomic E-state index is 10.2. The van der Waals surface area contributed by atoms with Crippen LogP contribution < -0.4 is 10.5 Å². The lowest BCUT2D eigenvalue weighted by atomic mass is 10.2. The molecule has 0 saturated carbocycles. The van der Waals surface area contributed by atoms with Crippen molar-refractivity contribution in [3.8, 4) is 5.75 Å². The Hall–Kier alpha value is -1.67. The van der Waals surface area contributed by atoms with E-state index in [2.05, 4.69) is 6.92 Å². The Balaban J connectivity index is 0.000000555. The van der Waals surface area contributed by atoms with Crippen LogP contribution in [0.1, 0.15) is 25.3 Å². The summed E-state index contributed by atoms with van der Waals surface area (Å²) in [4.78, 5) is 0. The Labute approximate surface area is 111 Å². The van der Waals surface area contributed by atoms with Gasteiger partial charge in [-0.25, -0.2) is 0 Å². The summed E-state index contributed by atoms with van der Waals surface area (Å²) in [6, 6.07) is 7.37. The number of halogens is 1. The largest absolute Gasteiger partial charge is 0.493 e. The van der Waals surface area contributed by atoms with E-state index in [0.29, 0.717) is 17.9 Å². The van der Waals surface area contributed by atoms with Gasteiger partial charge in [0.05, 0.1) is 12.2 Å². The molecule has 1 aromatic rings. The molecule has 0 aliphatic heterocycles. The van der Waals surface area contributed by atoms with E-state index in [1.54, 1.807) is 6.07 Å². The topological polar surface area (TPSA) is 113 Å². The lowest BCUT2D eigenvalue weighted by Crippen LogP contribution is -2.13. The first-order valence-corrected chi connectivity index (χ1v) is 6.83. The number of ether oxygens (including phenoxy) is 1. The molecule has 0 fully saturated rings. The number of benzene rings is 1. The third-order valence-electron chi connectivity index (χ3n) is 1.93. The molecule has 0 aliphatic carbocycles. The molecule has 1 aromatic carbocycles. The van der Waals surface area contributed by atoms with Crippen molar-refractivity contribution in [1.82, 2.24) is 0 Å². The highest BCUT2D eigenvalue weighted by molar-refractivity contribution is 7.80. The van der Waals surface area contributed by atoms with Gasteiger partial charge < -0.3 is 10.5 Å². The molecule has 6 nitrogen and oxygen atoms in total. The molecule has 0 heterocycles. The molecule has 0 aromatic heterocycles. The number of nitrogens with two attached hydrogens (primary N) is 1. The molecular weight excluding hydrogens is 275 g/mol. The fourth-order valence-electron chi connectivity index (χ4n) is 1.14. The Kier molecular flexibility index (Phi) is 7.69. The lowest BCUT2D eigenvalue weighted by molar-refractivity contribution is 0.309. The first-order valence-electron chi connectivity index (χ1n) is 5.49. The van der Waals surface area contributed by atoms with Crippen LogP contribution in [0.3, 0.4) is 0 Å². The SMILES string of the molecule is CCCCOc1ccccc1C(=N)N.O=S(=O)(O)F. The van der Waals surface area contributed by atoms with Gasteiger partial charge in [0, 0.05) is 0 Å². The fourth-order valence-corrected chi connectivity index (χ4v) is 1.14. The number of hydrogen-bond donors (Lipinski definition) is 3. The molecule has 0 radical (unpaired) electrons. The minimum absolute atomic E-state index is 0.0529. The van der Waals surface area contributed by atoms with Gasteiger partial charge in [0.25, 0.3) is 0 Å². The third kappa shape index (κ3) is 9.98. The number of para-hydroxylation sites is 1.